The van der Waals surface area contributed by atoms with E-state index < -0.39 is 0 Å². The van der Waals surface area contributed by atoms with Gasteiger partial charge in [0.25, 0.3) is 0 Å². The fourth-order valence-electron chi connectivity index (χ4n) is 1.05. The van der Waals surface area contributed by atoms with E-state index in [-0.39, 0.29) is 0 Å². The van der Waals surface area contributed by atoms with Crippen molar-refractivity contribution >= 4 is 39.4 Å². The van der Waals surface area contributed by atoms with E-state index in [1.165, 1.54) is 0 Å². The first-order valence-corrected chi connectivity index (χ1v) is 4.91. The van der Waals surface area contributed by atoms with Crippen molar-refractivity contribution in [2.75, 3.05) is 12.8 Å². The largest absolute Gasteiger partial charge is 0.398 e. The maximum Gasteiger partial charge on any atom is 0.0656 e. The molecule has 1 aromatic rings. The first-order valence-electron chi connectivity index (χ1n) is 3.74. The lowest BCUT2D eigenvalue weighted by Crippen LogP contribution is -1.98. The summed E-state index contributed by atoms with van der Waals surface area (Å²) in [6, 6.07) is 1.89. The van der Waals surface area contributed by atoms with Crippen LogP contribution in [0.25, 0.3) is 0 Å². The first-order chi connectivity index (χ1) is 6.07. The van der Waals surface area contributed by atoms with Gasteiger partial charge in [-0.1, -0.05) is 11.6 Å². The molecule has 2 N–H and O–H groups in total. The number of nitrogens with two attached hydrogens (primary N) is 1. The number of halogens is 2. The van der Waals surface area contributed by atoms with E-state index in [2.05, 4.69) is 20.9 Å². The zero-order valence-electron chi connectivity index (χ0n) is 7.44. The van der Waals surface area contributed by atoms with Gasteiger partial charge in [0.05, 0.1) is 5.02 Å². The summed E-state index contributed by atoms with van der Waals surface area (Å²) in [5, 5.41) is 0.605. The molecule has 0 aromatic heterocycles. The molecule has 13 heavy (non-hydrogen) atoms. The van der Waals surface area contributed by atoms with Crippen molar-refractivity contribution in [1.29, 1.82) is 0 Å². The average molecular weight is 262 g/mol. The maximum absolute atomic E-state index is 6.03. The maximum atomic E-state index is 6.03. The fourth-order valence-corrected chi connectivity index (χ4v) is 1.81. The molecule has 0 heterocycles. The second-order valence-electron chi connectivity index (χ2n) is 2.70. The van der Waals surface area contributed by atoms with Crippen LogP contribution in [0.1, 0.15) is 11.1 Å². The summed E-state index contributed by atoms with van der Waals surface area (Å²) in [6.07, 6.45) is 1.66. The van der Waals surface area contributed by atoms with Crippen LogP contribution in [0.3, 0.4) is 0 Å². The van der Waals surface area contributed by atoms with E-state index in [4.69, 9.17) is 17.3 Å². The number of aliphatic imine (C=N–C) groups is 1. The van der Waals surface area contributed by atoms with Gasteiger partial charge in [-0.2, -0.15) is 0 Å². The summed E-state index contributed by atoms with van der Waals surface area (Å²) in [7, 11) is 1.69. The quantitative estimate of drug-likeness (QED) is 0.612. The molecule has 0 atom stereocenters. The number of nitrogen functional groups attached to an aromatic ring is 1. The summed E-state index contributed by atoms with van der Waals surface area (Å²) in [6.45, 7) is 1.93. The van der Waals surface area contributed by atoms with Crippen LogP contribution >= 0.6 is 27.5 Å². The Labute approximate surface area is 90.9 Å². The van der Waals surface area contributed by atoms with E-state index in [9.17, 15) is 0 Å². The highest BCUT2D eigenvalue weighted by atomic mass is 79.9. The molecule has 0 aliphatic heterocycles. The van der Waals surface area contributed by atoms with Crippen molar-refractivity contribution in [3.8, 4) is 0 Å². The third kappa shape index (κ3) is 2.03. The number of aryl methyl sites for hydroxylation is 1. The molecule has 0 saturated carbocycles. The highest BCUT2D eigenvalue weighted by Crippen LogP contribution is 2.31. The first kappa shape index (κ1) is 10.5. The standard InChI is InChI=1S/C9H10BrClN2/c1-5-3-7(10)8(11)6(4-13-2)9(5)12/h3-4H,12H2,1-2H3. The lowest BCUT2D eigenvalue weighted by molar-refractivity contribution is 1.42. The van der Waals surface area contributed by atoms with Gasteiger partial charge in [0.15, 0.2) is 0 Å². The molecule has 0 bridgehead atoms. The van der Waals surface area contributed by atoms with Gasteiger partial charge >= 0.3 is 0 Å². The van der Waals surface area contributed by atoms with Gasteiger partial charge < -0.3 is 5.73 Å². The Bertz CT molecular complexity index is 335. The van der Waals surface area contributed by atoms with Crippen LogP contribution in [0.2, 0.25) is 5.02 Å². The number of rotatable bonds is 1. The summed E-state index contributed by atoms with van der Waals surface area (Å²) in [4.78, 5) is 3.90. The van der Waals surface area contributed by atoms with Crippen LogP contribution < -0.4 is 5.73 Å². The third-order valence-electron chi connectivity index (χ3n) is 1.76. The molecule has 1 aromatic carbocycles. The van der Waals surface area contributed by atoms with Gasteiger partial charge in [0, 0.05) is 29.0 Å². The van der Waals surface area contributed by atoms with Crippen LogP contribution in [-0.2, 0) is 0 Å². The minimum absolute atomic E-state index is 0.605. The number of hydrogen-bond acceptors (Lipinski definition) is 2. The zero-order valence-corrected chi connectivity index (χ0v) is 9.78. The number of hydrogen-bond donors (Lipinski definition) is 1. The van der Waals surface area contributed by atoms with Gasteiger partial charge in [-0.3, -0.25) is 4.99 Å². The predicted octanol–water partition coefficient (Wildman–Crippen LogP) is 3.04. The van der Waals surface area contributed by atoms with E-state index in [1.54, 1.807) is 13.3 Å². The Morgan fingerprint density at radius 3 is 2.77 bits per heavy atom. The predicted molar refractivity (Wildman–Crippen MR) is 61.8 cm³/mol. The number of anilines is 1. The Kier molecular flexibility index (Phi) is 3.33. The Morgan fingerprint density at radius 1 is 1.62 bits per heavy atom. The lowest BCUT2D eigenvalue weighted by Gasteiger charge is -2.08. The number of nitrogens with zero attached hydrogens (tertiary/aromatic N) is 1. The van der Waals surface area contributed by atoms with Gasteiger partial charge in [0.1, 0.15) is 0 Å². The normalized spacial score (nSPS) is 11.1. The average Bonchev–Trinajstić information content (AvgIpc) is 2.09. The molecule has 0 unspecified atom stereocenters. The highest BCUT2D eigenvalue weighted by Gasteiger charge is 2.08. The molecule has 1 rings (SSSR count). The fraction of sp³-hybridized carbons (Fsp3) is 0.222. The SMILES string of the molecule is CN=Cc1c(N)c(C)cc(Br)c1Cl. The minimum atomic E-state index is 0.605. The van der Waals surface area contributed by atoms with Crippen molar-refractivity contribution in [3.05, 3.63) is 26.7 Å². The van der Waals surface area contributed by atoms with Gasteiger partial charge in [-0.05, 0) is 34.5 Å². The summed E-state index contributed by atoms with van der Waals surface area (Å²) >= 11 is 9.38. The van der Waals surface area contributed by atoms with E-state index in [0.29, 0.717) is 10.7 Å². The van der Waals surface area contributed by atoms with Crippen molar-refractivity contribution in [1.82, 2.24) is 0 Å². The molecular weight excluding hydrogens is 251 g/mol. The molecule has 2 nitrogen and oxygen atoms in total. The highest BCUT2D eigenvalue weighted by molar-refractivity contribution is 9.10. The Morgan fingerprint density at radius 2 is 2.23 bits per heavy atom. The lowest BCUT2D eigenvalue weighted by atomic mass is 10.1. The van der Waals surface area contributed by atoms with Crippen LogP contribution in [-0.4, -0.2) is 13.3 Å². The molecular formula is C9H10BrClN2. The molecule has 0 amide bonds. The summed E-state index contributed by atoms with van der Waals surface area (Å²) < 4.78 is 0.843. The van der Waals surface area contributed by atoms with E-state index in [1.807, 2.05) is 13.0 Å². The van der Waals surface area contributed by atoms with Crippen LogP contribution in [0.5, 0.6) is 0 Å². The van der Waals surface area contributed by atoms with Crippen molar-refractivity contribution in [2.24, 2.45) is 4.99 Å². The van der Waals surface area contributed by atoms with Crippen molar-refractivity contribution in [3.63, 3.8) is 0 Å². The molecule has 70 valence electrons. The Hall–Kier alpha value is -0.540. The van der Waals surface area contributed by atoms with E-state index in [0.717, 1.165) is 15.6 Å². The second-order valence-corrected chi connectivity index (χ2v) is 3.94. The summed E-state index contributed by atoms with van der Waals surface area (Å²) in [5.41, 5.74) is 8.29. The number of benzene rings is 1. The van der Waals surface area contributed by atoms with Crippen LogP contribution in [0, 0.1) is 6.92 Å². The molecule has 4 heteroatoms. The molecule has 0 saturated heterocycles. The van der Waals surface area contributed by atoms with Crippen molar-refractivity contribution in [2.45, 2.75) is 6.92 Å². The summed E-state index contributed by atoms with van der Waals surface area (Å²) in [5.74, 6) is 0. The topological polar surface area (TPSA) is 38.4 Å². The monoisotopic (exact) mass is 260 g/mol. The van der Waals surface area contributed by atoms with E-state index >= 15 is 0 Å². The second kappa shape index (κ2) is 4.11. The molecule has 0 fully saturated rings. The van der Waals surface area contributed by atoms with Crippen LogP contribution in [0.4, 0.5) is 5.69 Å². The zero-order chi connectivity index (χ0) is 10.0. The molecule has 0 spiro atoms. The smallest absolute Gasteiger partial charge is 0.0656 e. The third-order valence-corrected chi connectivity index (χ3v) is 3.02. The van der Waals surface area contributed by atoms with Gasteiger partial charge in [-0.15, -0.1) is 0 Å². The minimum Gasteiger partial charge on any atom is -0.398 e. The Balaban J connectivity index is 3.46. The molecule has 0 radical (unpaired) electrons. The van der Waals surface area contributed by atoms with Crippen LogP contribution in [0.15, 0.2) is 15.5 Å². The molecule has 0 aliphatic carbocycles. The van der Waals surface area contributed by atoms with Crippen molar-refractivity contribution < 1.29 is 0 Å². The van der Waals surface area contributed by atoms with Gasteiger partial charge in [0.2, 0.25) is 0 Å². The molecule has 0 aliphatic rings. The van der Waals surface area contributed by atoms with Gasteiger partial charge in [-0.25, -0.2) is 0 Å².